The van der Waals surface area contributed by atoms with Crippen molar-refractivity contribution in [1.29, 1.82) is 0 Å². The van der Waals surface area contributed by atoms with E-state index in [9.17, 15) is 13.2 Å². The molecule has 9 heteroatoms. The summed E-state index contributed by atoms with van der Waals surface area (Å²) in [5.74, 6) is -1.26. The number of ether oxygens (including phenoxy) is 1. The topological polar surface area (TPSA) is 73.9 Å². The van der Waals surface area contributed by atoms with Crippen LogP contribution in [0.15, 0.2) is 41.1 Å². The van der Waals surface area contributed by atoms with Crippen LogP contribution >= 0.6 is 0 Å². The Balaban J connectivity index is 1.72. The van der Waals surface area contributed by atoms with E-state index < -0.39 is 18.4 Å². The third kappa shape index (κ3) is 3.50. The number of halogens is 3. The number of hydrogen-bond acceptors (Lipinski definition) is 6. The Hall–Kier alpha value is -2.97. The van der Waals surface area contributed by atoms with Crippen LogP contribution in [0.1, 0.15) is 30.9 Å². The number of aromatic nitrogens is 4. The minimum atomic E-state index is -2.85. The van der Waals surface area contributed by atoms with Crippen molar-refractivity contribution in [2.24, 2.45) is 0 Å². The van der Waals surface area contributed by atoms with E-state index in [0.29, 0.717) is 5.56 Å². The van der Waals surface area contributed by atoms with Crippen LogP contribution in [0, 0.1) is 5.82 Å². The van der Waals surface area contributed by atoms with Gasteiger partial charge >= 0.3 is 12.4 Å². The molecule has 3 rings (SSSR count). The van der Waals surface area contributed by atoms with Crippen LogP contribution in [-0.2, 0) is 0 Å². The molecule has 0 saturated heterocycles. The largest absolute Gasteiger partial charge is 0.456 e. The number of hydrogen-bond donors (Lipinski definition) is 0. The lowest BCUT2D eigenvalue weighted by atomic mass is 10.1. The van der Waals surface area contributed by atoms with E-state index in [2.05, 4.69) is 20.2 Å². The average Bonchev–Trinajstić information content (AvgIpc) is 3.06. The predicted octanol–water partition coefficient (Wildman–Crippen LogP) is 3.74. The second kappa shape index (κ2) is 6.65. The number of alkyl halides is 2. The zero-order chi connectivity index (χ0) is 17.1. The van der Waals surface area contributed by atoms with Crippen LogP contribution < -0.4 is 4.74 Å². The van der Waals surface area contributed by atoms with E-state index in [-0.39, 0.29) is 23.3 Å². The van der Waals surface area contributed by atoms with Gasteiger partial charge in [-0.1, -0.05) is 12.1 Å². The molecule has 2 aromatic heterocycles. The monoisotopic (exact) mass is 336 g/mol. The predicted molar refractivity (Wildman–Crippen MR) is 75.7 cm³/mol. The first-order valence-electron chi connectivity index (χ1n) is 6.89. The lowest BCUT2D eigenvalue weighted by Gasteiger charge is -2.13. The summed E-state index contributed by atoms with van der Waals surface area (Å²) in [7, 11) is 0. The summed E-state index contributed by atoms with van der Waals surface area (Å²) in [5, 5.41) is 6.72. The van der Waals surface area contributed by atoms with E-state index in [0.717, 1.165) is 0 Å². The van der Waals surface area contributed by atoms with Gasteiger partial charge in [0.05, 0.1) is 5.56 Å². The lowest BCUT2D eigenvalue weighted by molar-refractivity contribution is 0.116. The molecule has 0 aliphatic heterocycles. The molecule has 1 unspecified atom stereocenters. The van der Waals surface area contributed by atoms with Crippen molar-refractivity contribution >= 4 is 0 Å². The number of rotatable bonds is 5. The molecule has 0 aliphatic carbocycles. The normalized spacial score (nSPS) is 12.4. The fourth-order valence-electron chi connectivity index (χ4n) is 1.91. The molecule has 124 valence electrons. The molecule has 0 amide bonds. The molecule has 1 aromatic carbocycles. The third-order valence-electron chi connectivity index (χ3n) is 3.10. The first-order valence-corrected chi connectivity index (χ1v) is 6.89. The van der Waals surface area contributed by atoms with Crippen molar-refractivity contribution in [3.8, 4) is 17.5 Å². The summed E-state index contributed by atoms with van der Waals surface area (Å²) in [6.45, 7) is 1.72. The molecule has 0 N–H and O–H groups in total. The summed E-state index contributed by atoms with van der Waals surface area (Å²) in [5.41, 5.74) is 0.904. The maximum absolute atomic E-state index is 13.2. The van der Waals surface area contributed by atoms with Gasteiger partial charge in [-0.25, -0.2) is 14.4 Å². The maximum Gasteiger partial charge on any atom is 0.316 e. The fourth-order valence-corrected chi connectivity index (χ4v) is 1.91. The Morgan fingerprint density at radius 1 is 1.12 bits per heavy atom. The molecule has 0 radical (unpaired) electrons. The molecule has 0 saturated carbocycles. The van der Waals surface area contributed by atoms with E-state index in [4.69, 9.17) is 9.15 Å². The van der Waals surface area contributed by atoms with E-state index >= 15 is 0 Å². The Bertz CT molecular complexity index is 824. The molecule has 0 bridgehead atoms. The third-order valence-corrected chi connectivity index (χ3v) is 3.10. The summed E-state index contributed by atoms with van der Waals surface area (Å²) in [6, 6.07) is 6.02. The van der Waals surface area contributed by atoms with Crippen molar-refractivity contribution < 1.29 is 22.3 Å². The van der Waals surface area contributed by atoms with Gasteiger partial charge in [0.1, 0.15) is 11.9 Å². The molecule has 0 spiro atoms. The number of benzene rings is 1. The standard InChI is InChI=1S/C15H11F3N4O2/c1-8(9-3-2-4-11(16)5-9)23-15-19-6-10(7-20-15)13-21-22-14(24-13)12(17)18/h2-8,12H,1H3. The van der Waals surface area contributed by atoms with Crippen LogP contribution in [0.25, 0.3) is 11.5 Å². The second-order valence-corrected chi connectivity index (χ2v) is 4.82. The summed E-state index contributed by atoms with van der Waals surface area (Å²) < 4.78 is 48.4. The van der Waals surface area contributed by atoms with Gasteiger partial charge in [0.15, 0.2) is 0 Å². The Morgan fingerprint density at radius 3 is 2.50 bits per heavy atom. The second-order valence-electron chi connectivity index (χ2n) is 4.82. The van der Waals surface area contributed by atoms with Crippen LogP contribution in [-0.4, -0.2) is 20.2 Å². The Morgan fingerprint density at radius 2 is 1.88 bits per heavy atom. The smallest absolute Gasteiger partial charge is 0.316 e. The maximum atomic E-state index is 13.2. The summed E-state index contributed by atoms with van der Waals surface area (Å²) >= 11 is 0. The SMILES string of the molecule is CC(Oc1ncc(-c2nnc(C(F)F)o2)cn1)c1cccc(F)c1. The zero-order valence-corrected chi connectivity index (χ0v) is 12.4. The quantitative estimate of drug-likeness (QED) is 0.706. The molecule has 1 atom stereocenters. The van der Waals surface area contributed by atoms with Gasteiger partial charge in [-0.05, 0) is 24.6 Å². The Kier molecular flexibility index (Phi) is 4.41. The minimum absolute atomic E-state index is 0.0455. The van der Waals surface area contributed by atoms with Gasteiger partial charge in [-0.3, -0.25) is 0 Å². The highest BCUT2D eigenvalue weighted by molar-refractivity contribution is 5.49. The van der Waals surface area contributed by atoms with Gasteiger partial charge in [-0.2, -0.15) is 8.78 Å². The van der Waals surface area contributed by atoms with Crippen molar-refractivity contribution in [1.82, 2.24) is 20.2 Å². The van der Waals surface area contributed by atoms with Gasteiger partial charge < -0.3 is 9.15 Å². The van der Waals surface area contributed by atoms with Crippen LogP contribution in [0.4, 0.5) is 13.2 Å². The highest BCUT2D eigenvalue weighted by Gasteiger charge is 2.18. The molecule has 2 heterocycles. The lowest BCUT2D eigenvalue weighted by Crippen LogP contribution is -2.06. The van der Waals surface area contributed by atoms with Crippen LogP contribution in [0.5, 0.6) is 6.01 Å². The van der Waals surface area contributed by atoms with Crippen molar-refractivity contribution in [2.75, 3.05) is 0 Å². The molecule has 24 heavy (non-hydrogen) atoms. The molecule has 0 aliphatic rings. The molecule has 0 fully saturated rings. The van der Waals surface area contributed by atoms with Crippen LogP contribution in [0.3, 0.4) is 0 Å². The molecular weight excluding hydrogens is 325 g/mol. The van der Waals surface area contributed by atoms with Crippen molar-refractivity contribution in [2.45, 2.75) is 19.5 Å². The van der Waals surface area contributed by atoms with E-state index in [1.807, 2.05) is 0 Å². The average molecular weight is 336 g/mol. The molecule has 6 nitrogen and oxygen atoms in total. The molecular formula is C15H11F3N4O2. The minimum Gasteiger partial charge on any atom is -0.456 e. The van der Waals surface area contributed by atoms with E-state index in [1.165, 1.54) is 24.5 Å². The van der Waals surface area contributed by atoms with Gasteiger partial charge in [0, 0.05) is 12.4 Å². The first kappa shape index (κ1) is 15.9. The molecule has 3 aromatic rings. The first-order chi connectivity index (χ1) is 11.5. The van der Waals surface area contributed by atoms with Gasteiger partial charge in [0.25, 0.3) is 11.8 Å². The Labute approximate surface area is 134 Å². The fraction of sp³-hybridized carbons (Fsp3) is 0.200. The highest BCUT2D eigenvalue weighted by atomic mass is 19.3. The zero-order valence-electron chi connectivity index (χ0n) is 12.4. The van der Waals surface area contributed by atoms with E-state index in [1.54, 1.807) is 19.1 Å². The number of nitrogens with zero attached hydrogens (tertiary/aromatic N) is 4. The highest BCUT2D eigenvalue weighted by Crippen LogP contribution is 2.24. The van der Waals surface area contributed by atoms with Gasteiger partial charge in [-0.15, -0.1) is 10.2 Å². The summed E-state index contributed by atoms with van der Waals surface area (Å²) in [6.07, 6.45) is -0.699. The van der Waals surface area contributed by atoms with Crippen LogP contribution in [0.2, 0.25) is 0 Å². The van der Waals surface area contributed by atoms with Crippen molar-refractivity contribution in [3.05, 3.63) is 53.9 Å². The van der Waals surface area contributed by atoms with Gasteiger partial charge in [0.2, 0.25) is 0 Å². The summed E-state index contributed by atoms with van der Waals surface area (Å²) in [4.78, 5) is 7.91. The van der Waals surface area contributed by atoms with Crippen molar-refractivity contribution in [3.63, 3.8) is 0 Å².